The van der Waals surface area contributed by atoms with Crippen LogP contribution >= 0.6 is 24.0 Å². The van der Waals surface area contributed by atoms with E-state index in [2.05, 4.69) is 21.4 Å². The molecule has 1 aromatic heterocycles. The summed E-state index contributed by atoms with van der Waals surface area (Å²) >= 11 is 0. The van der Waals surface area contributed by atoms with Gasteiger partial charge in [-0.15, -0.1) is 24.0 Å². The Bertz CT molecular complexity index is 633. The van der Waals surface area contributed by atoms with Crippen LogP contribution in [0.2, 0.25) is 0 Å². The van der Waals surface area contributed by atoms with Gasteiger partial charge in [0.15, 0.2) is 5.96 Å². The number of fused-ring (bicyclic) bond motifs is 1. The number of guanidine groups is 1. The van der Waals surface area contributed by atoms with E-state index >= 15 is 0 Å². The Kier molecular flexibility index (Phi) is 6.00. The Morgan fingerprint density at radius 3 is 2.91 bits per heavy atom. The van der Waals surface area contributed by atoms with E-state index in [0.717, 1.165) is 23.4 Å². The minimum atomic E-state index is 0. The molecule has 0 spiro atoms. The molecule has 22 heavy (non-hydrogen) atoms. The molecule has 6 heteroatoms. The fourth-order valence-electron chi connectivity index (χ4n) is 2.37. The van der Waals surface area contributed by atoms with Crippen molar-refractivity contribution in [3.05, 3.63) is 59.9 Å². The van der Waals surface area contributed by atoms with Crippen LogP contribution in [-0.4, -0.2) is 17.6 Å². The molecule has 1 unspecified atom stereocenters. The Balaban J connectivity index is 0.00000176. The number of aliphatic imine (C=N–C) groups is 1. The van der Waals surface area contributed by atoms with E-state index in [1.54, 1.807) is 6.20 Å². The van der Waals surface area contributed by atoms with Gasteiger partial charge in [0.2, 0.25) is 0 Å². The maximum absolute atomic E-state index is 5.98. The van der Waals surface area contributed by atoms with Gasteiger partial charge in [-0.2, -0.15) is 0 Å². The highest BCUT2D eigenvalue weighted by atomic mass is 127. The normalized spacial score (nSPS) is 16.9. The van der Waals surface area contributed by atoms with Gasteiger partial charge in [-0.3, -0.25) is 4.98 Å². The fourth-order valence-corrected chi connectivity index (χ4v) is 2.37. The lowest BCUT2D eigenvalue weighted by molar-refractivity contribution is 0.262. The Labute approximate surface area is 147 Å². The lowest BCUT2D eigenvalue weighted by Crippen LogP contribution is -2.37. The predicted octanol–water partition coefficient (Wildman–Crippen LogP) is 2.63. The van der Waals surface area contributed by atoms with Crippen molar-refractivity contribution in [1.82, 2.24) is 10.3 Å². The van der Waals surface area contributed by atoms with Crippen molar-refractivity contribution in [3.8, 4) is 5.75 Å². The van der Waals surface area contributed by atoms with E-state index in [9.17, 15) is 0 Å². The summed E-state index contributed by atoms with van der Waals surface area (Å²) in [5, 5.41) is 3.27. The maximum atomic E-state index is 5.98. The van der Waals surface area contributed by atoms with Crippen LogP contribution in [0.25, 0.3) is 0 Å². The summed E-state index contributed by atoms with van der Waals surface area (Å²) in [6.07, 6.45) is 2.63. The molecule has 3 N–H and O–H groups in total. The van der Waals surface area contributed by atoms with Crippen LogP contribution in [0.15, 0.2) is 53.7 Å². The molecular formula is C16H19IN4O. The van der Waals surface area contributed by atoms with E-state index in [4.69, 9.17) is 10.5 Å². The van der Waals surface area contributed by atoms with Crippen LogP contribution < -0.4 is 15.8 Å². The largest absolute Gasteiger partial charge is 0.493 e. The van der Waals surface area contributed by atoms with Crippen LogP contribution in [0.3, 0.4) is 0 Å². The zero-order valence-corrected chi connectivity index (χ0v) is 14.4. The summed E-state index contributed by atoms with van der Waals surface area (Å²) in [6.45, 7) is 1.16. The number of halogens is 1. The number of benzene rings is 1. The minimum Gasteiger partial charge on any atom is -0.493 e. The van der Waals surface area contributed by atoms with Crippen LogP contribution in [-0.2, 0) is 6.54 Å². The molecule has 2 aromatic rings. The summed E-state index contributed by atoms with van der Waals surface area (Å²) in [5.41, 5.74) is 8.00. The Morgan fingerprint density at radius 1 is 1.27 bits per heavy atom. The van der Waals surface area contributed by atoms with Gasteiger partial charge in [-0.1, -0.05) is 24.3 Å². The number of ether oxygens (including phenoxy) is 1. The van der Waals surface area contributed by atoms with E-state index in [1.807, 2.05) is 36.4 Å². The van der Waals surface area contributed by atoms with Gasteiger partial charge >= 0.3 is 0 Å². The van der Waals surface area contributed by atoms with Crippen LogP contribution in [0.4, 0.5) is 0 Å². The second-order valence-corrected chi connectivity index (χ2v) is 4.89. The molecule has 2 heterocycles. The summed E-state index contributed by atoms with van der Waals surface area (Å²) in [5.74, 6) is 1.35. The SMILES string of the molecule is I.NC(=NCc1ccccn1)NC1CCOc2ccccc21. The van der Waals surface area contributed by atoms with Crippen molar-refractivity contribution < 1.29 is 4.74 Å². The average molecular weight is 410 g/mol. The summed E-state index contributed by atoms with van der Waals surface area (Å²) in [6, 6.07) is 13.9. The second kappa shape index (κ2) is 7.98. The first-order valence-electron chi connectivity index (χ1n) is 7.01. The van der Waals surface area contributed by atoms with Crippen molar-refractivity contribution in [1.29, 1.82) is 0 Å². The monoisotopic (exact) mass is 410 g/mol. The number of hydrogen-bond acceptors (Lipinski definition) is 3. The van der Waals surface area contributed by atoms with Crippen LogP contribution in [0.1, 0.15) is 23.7 Å². The molecule has 0 fully saturated rings. The van der Waals surface area contributed by atoms with E-state index in [0.29, 0.717) is 19.1 Å². The molecule has 0 aliphatic carbocycles. The predicted molar refractivity (Wildman–Crippen MR) is 97.4 cm³/mol. The van der Waals surface area contributed by atoms with Crippen molar-refractivity contribution in [3.63, 3.8) is 0 Å². The van der Waals surface area contributed by atoms with Crippen LogP contribution in [0, 0.1) is 0 Å². The van der Waals surface area contributed by atoms with Gasteiger partial charge in [-0.25, -0.2) is 4.99 Å². The molecule has 0 saturated carbocycles. The highest BCUT2D eigenvalue weighted by Crippen LogP contribution is 2.31. The quantitative estimate of drug-likeness (QED) is 0.464. The number of hydrogen-bond donors (Lipinski definition) is 2. The molecule has 1 aromatic carbocycles. The summed E-state index contributed by atoms with van der Waals surface area (Å²) in [7, 11) is 0. The van der Waals surface area contributed by atoms with Gasteiger partial charge < -0.3 is 15.8 Å². The molecular weight excluding hydrogens is 391 g/mol. The molecule has 0 bridgehead atoms. The summed E-state index contributed by atoms with van der Waals surface area (Å²) in [4.78, 5) is 8.56. The number of nitrogens with one attached hydrogen (secondary N) is 1. The van der Waals surface area contributed by atoms with E-state index in [-0.39, 0.29) is 30.0 Å². The lowest BCUT2D eigenvalue weighted by atomic mass is 10.0. The van der Waals surface area contributed by atoms with Crippen LogP contribution in [0.5, 0.6) is 5.75 Å². The molecule has 0 amide bonds. The lowest BCUT2D eigenvalue weighted by Gasteiger charge is -2.26. The summed E-state index contributed by atoms with van der Waals surface area (Å²) < 4.78 is 5.63. The number of nitrogens with two attached hydrogens (primary N) is 1. The minimum absolute atomic E-state index is 0. The average Bonchev–Trinajstić information content (AvgIpc) is 2.54. The van der Waals surface area contributed by atoms with Gasteiger partial charge in [0.1, 0.15) is 5.75 Å². The highest BCUT2D eigenvalue weighted by Gasteiger charge is 2.21. The molecule has 116 valence electrons. The molecule has 1 aliphatic rings. The van der Waals surface area contributed by atoms with E-state index < -0.39 is 0 Å². The fraction of sp³-hybridized carbons (Fsp3) is 0.250. The van der Waals surface area contributed by atoms with E-state index in [1.165, 1.54) is 0 Å². The molecule has 3 rings (SSSR count). The molecule has 1 atom stereocenters. The Morgan fingerprint density at radius 2 is 2.09 bits per heavy atom. The Hall–Kier alpha value is -1.83. The second-order valence-electron chi connectivity index (χ2n) is 4.89. The maximum Gasteiger partial charge on any atom is 0.189 e. The zero-order chi connectivity index (χ0) is 14.5. The topological polar surface area (TPSA) is 72.5 Å². The first-order chi connectivity index (χ1) is 10.3. The highest BCUT2D eigenvalue weighted by molar-refractivity contribution is 14.0. The van der Waals surface area contributed by atoms with Gasteiger partial charge in [0, 0.05) is 18.2 Å². The number of aromatic nitrogens is 1. The molecule has 5 nitrogen and oxygen atoms in total. The smallest absolute Gasteiger partial charge is 0.189 e. The number of rotatable bonds is 3. The van der Waals surface area contributed by atoms with Crippen molar-refractivity contribution in [2.24, 2.45) is 10.7 Å². The number of para-hydroxylation sites is 1. The first-order valence-corrected chi connectivity index (χ1v) is 7.01. The van der Waals surface area contributed by atoms with Gasteiger partial charge in [0.05, 0.1) is 24.9 Å². The third kappa shape index (κ3) is 4.09. The van der Waals surface area contributed by atoms with Crippen molar-refractivity contribution >= 4 is 29.9 Å². The molecule has 0 radical (unpaired) electrons. The molecule has 1 aliphatic heterocycles. The van der Waals surface area contributed by atoms with Crippen molar-refractivity contribution in [2.45, 2.75) is 19.0 Å². The first kappa shape index (κ1) is 16.5. The number of nitrogens with zero attached hydrogens (tertiary/aromatic N) is 2. The van der Waals surface area contributed by atoms with Crippen molar-refractivity contribution in [2.75, 3.05) is 6.61 Å². The standard InChI is InChI=1S/C16H18N4O.HI/c17-16(19-11-12-5-3-4-9-18-12)20-14-8-10-21-15-7-2-1-6-13(14)15;/h1-7,9,14H,8,10-11H2,(H3,17,19,20);1H. The zero-order valence-electron chi connectivity index (χ0n) is 12.1. The molecule has 0 saturated heterocycles. The number of pyridine rings is 1. The van der Waals surface area contributed by atoms with Gasteiger partial charge in [0.25, 0.3) is 0 Å². The van der Waals surface area contributed by atoms with Gasteiger partial charge in [-0.05, 0) is 18.2 Å². The third-order valence-electron chi connectivity index (χ3n) is 3.42. The third-order valence-corrected chi connectivity index (χ3v) is 3.42.